The van der Waals surface area contributed by atoms with Crippen molar-refractivity contribution in [1.82, 2.24) is 0 Å². The maximum absolute atomic E-state index is 12.9. The summed E-state index contributed by atoms with van der Waals surface area (Å²) >= 11 is 7.73. The summed E-state index contributed by atoms with van der Waals surface area (Å²) in [5.74, 6) is -0.000273. The lowest BCUT2D eigenvalue weighted by Gasteiger charge is -2.11. The molecule has 30 heavy (non-hydrogen) atoms. The van der Waals surface area contributed by atoms with Crippen molar-refractivity contribution >= 4 is 56.2 Å². The molecule has 0 saturated carbocycles. The van der Waals surface area contributed by atoms with Gasteiger partial charge < -0.3 is 15.4 Å². The first-order valence-electron chi connectivity index (χ1n) is 9.09. The number of halogens is 1. The van der Waals surface area contributed by atoms with Gasteiger partial charge in [0.05, 0.1) is 23.4 Å². The van der Waals surface area contributed by atoms with E-state index in [1.807, 2.05) is 30.3 Å². The Kier molecular flexibility index (Phi) is 5.70. The molecule has 2 N–H and O–H groups in total. The molecule has 1 aromatic heterocycles. The highest BCUT2D eigenvalue weighted by atomic mass is 35.5. The Morgan fingerprint density at radius 2 is 1.63 bits per heavy atom. The molecule has 0 fully saturated rings. The average Bonchev–Trinajstić information content (AvgIpc) is 3.10. The fourth-order valence-corrected chi connectivity index (χ4v) is 4.45. The zero-order valence-corrected chi connectivity index (χ0v) is 17.5. The van der Waals surface area contributed by atoms with Gasteiger partial charge in [-0.1, -0.05) is 41.9 Å². The number of para-hydroxylation sites is 2. The van der Waals surface area contributed by atoms with Crippen LogP contribution in [0.1, 0.15) is 20.0 Å². The number of hydrogen-bond donors (Lipinski definition) is 2. The third-order valence-electron chi connectivity index (χ3n) is 4.49. The van der Waals surface area contributed by atoms with Crippen LogP contribution < -0.4 is 15.4 Å². The Hall–Kier alpha value is -3.35. The van der Waals surface area contributed by atoms with E-state index in [0.29, 0.717) is 32.6 Å². The lowest BCUT2D eigenvalue weighted by atomic mass is 10.1. The predicted molar refractivity (Wildman–Crippen MR) is 122 cm³/mol. The van der Waals surface area contributed by atoms with Crippen LogP contribution >= 0.6 is 22.9 Å². The molecule has 2 amide bonds. The molecule has 150 valence electrons. The van der Waals surface area contributed by atoms with Crippen LogP contribution in [0, 0.1) is 0 Å². The van der Waals surface area contributed by atoms with E-state index in [1.54, 1.807) is 49.6 Å². The van der Waals surface area contributed by atoms with Crippen molar-refractivity contribution in [2.75, 3.05) is 17.7 Å². The molecule has 1 heterocycles. The van der Waals surface area contributed by atoms with E-state index in [4.69, 9.17) is 16.3 Å². The molecule has 0 atom stereocenters. The molecule has 0 aliphatic rings. The summed E-state index contributed by atoms with van der Waals surface area (Å²) in [5, 5.41) is 6.80. The van der Waals surface area contributed by atoms with Crippen LogP contribution in [0.15, 0.2) is 72.8 Å². The van der Waals surface area contributed by atoms with Crippen molar-refractivity contribution in [3.8, 4) is 5.75 Å². The molecule has 0 unspecified atom stereocenters. The van der Waals surface area contributed by atoms with Gasteiger partial charge in [0, 0.05) is 15.8 Å². The van der Waals surface area contributed by atoms with Gasteiger partial charge in [0.15, 0.2) is 0 Å². The second-order valence-corrected chi connectivity index (χ2v) is 7.86. The van der Waals surface area contributed by atoms with Gasteiger partial charge in [0.25, 0.3) is 11.8 Å². The second-order valence-electron chi connectivity index (χ2n) is 6.43. The summed E-state index contributed by atoms with van der Waals surface area (Å²) < 4.78 is 6.08. The summed E-state index contributed by atoms with van der Waals surface area (Å²) in [5.41, 5.74) is 1.43. The molecule has 0 aliphatic heterocycles. The van der Waals surface area contributed by atoms with Gasteiger partial charge in [-0.05, 0) is 42.5 Å². The number of hydrogen-bond acceptors (Lipinski definition) is 4. The maximum Gasteiger partial charge on any atom is 0.267 e. The van der Waals surface area contributed by atoms with Crippen LogP contribution in [0.3, 0.4) is 0 Å². The highest BCUT2D eigenvalue weighted by molar-refractivity contribution is 7.21. The van der Waals surface area contributed by atoms with Crippen LogP contribution in [-0.4, -0.2) is 18.9 Å². The Morgan fingerprint density at radius 3 is 2.40 bits per heavy atom. The lowest BCUT2D eigenvalue weighted by molar-refractivity contribution is 0.102. The van der Waals surface area contributed by atoms with Gasteiger partial charge in [0.1, 0.15) is 10.6 Å². The fraction of sp³-hybridized carbons (Fsp3) is 0.0435. The van der Waals surface area contributed by atoms with E-state index < -0.39 is 0 Å². The van der Waals surface area contributed by atoms with Crippen LogP contribution in [0.25, 0.3) is 10.1 Å². The summed E-state index contributed by atoms with van der Waals surface area (Å²) in [6.45, 7) is 0. The van der Waals surface area contributed by atoms with Crippen molar-refractivity contribution in [1.29, 1.82) is 0 Å². The van der Waals surface area contributed by atoms with E-state index in [2.05, 4.69) is 10.6 Å². The number of amides is 2. The standard InChI is InChI=1S/C23H17ClN2O3S/c1-29-15-11-12-17-19(13-15)30-21(20(17)24)23(28)26-18-10-6-5-9-16(18)22(27)25-14-7-3-2-4-8-14/h2-13H,1H3,(H,25,27)(H,26,28). The van der Waals surface area contributed by atoms with Crippen molar-refractivity contribution in [3.63, 3.8) is 0 Å². The van der Waals surface area contributed by atoms with Crippen LogP contribution in [0.4, 0.5) is 11.4 Å². The van der Waals surface area contributed by atoms with Gasteiger partial charge in [-0.15, -0.1) is 11.3 Å². The first-order valence-corrected chi connectivity index (χ1v) is 10.3. The van der Waals surface area contributed by atoms with E-state index in [-0.39, 0.29) is 11.8 Å². The number of rotatable bonds is 5. The Labute approximate surface area is 182 Å². The number of fused-ring (bicyclic) bond motifs is 1. The van der Waals surface area contributed by atoms with Crippen molar-refractivity contribution in [2.45, 2.75) is 0 Å². The normalized spacial score (nSPS) is 10.6. The highest BCUT2D eigenvalue weighted by Crippen LogP contribution is 2.37. The molecular weight excluding hydrogens is 420 g/mol. The monoisotopic (exact) mass is 436 g/mol. The summed E-state index contributed by atoms with van der Waals surface area (Å²) in [6.07, 6.45) is 0. The lowest BCUT2D eigenvalue weighted by Crippen LogP contribution is -2.17. The smallest absolute Gasteiger partial charge is 0.267 e. The molecule has 0 saturated heterocycles. The van der Waals surface area contributed by atoms with Gasteiger partial charge in [0.2, 0.25) is 0 Å². The summed E-state index contributed by atoms with van der Waals surface area (Å²) in [6, 6.07) is 21.4. The first-order chi connectivity index (χ1) is 14.6. The molecule has 3 aromatic carbocycles. The molecule has 4 aromatic rings. The molecule has 0 aliphatic carbocycles. The van der Waals surface area contributed by atoms with Gasteiger partial charge in [-0.2, -0.15) is 0 Å². The number of nitrogens with one attached hydrogen (secondary N) is 2. The van der Waals surface area contributed by atoms with Crippen LogP contribution in [-0.2, 0) is 0 Å². The van der Waals surface area contributed by atoms with E-state index in [0.717, 1.165) is 10.1 Å². The Balaban J connectivity index is 1.60. The van der Waals surface area contributed by atoms with Crippen molar-refractivity contribution in [3.05, 3.63) is 88.3 Å². The third-order valence-corrected chi connectivity index (χ3v) is 6.15. The predicted octanol–water partition coefficient (Wildman–Crippen LogP) is 6.07. The highest BCUT2D eigenvalue weighted by Gasteiger charge is 2.20. The zero-order chi connectivity index (χ0) is 21.1. The molecular formula is C23H17ClN2O3S. The number of benzene rings is 3. The number of anilines is 2. The largest absolute Gasteiger partial charge is 0.497 e. The zero-order valence-electron chi connectivity index (χ0n) is 15.9. The Bertz CT molecular complexity index is 1240. The fourth-order valence-electron chi connectivity index (χ4n) is 3.01. The van der Waals surface area contributed by atoms with E-state index in [1.165, 1.54) is 11.3 Å². The molecule has 0 bridgehead atoms. The minimum atomic E-state index is -0.375. The summed E-state index contributed by atoms with van der Waals surface area (Å²) in [4.78, 5) is 26.0. The average molecular weight is 437 g/mol. The maximum atomic E-state index is 12.9. The second kappa shape index (κ2) is 8.57. The number of thiophene rings is 1. The first kappa shape index (κ1) is 19.9. The number of carbonyl (C=O) groups is 2. The minimum absolute atomic E-state index is 0.315. The minimum Gasteiger partial charge on any atom is -0.497 e. The van der Waals surface area contributed by atoms with Gasteiger partial charge in [-0.25, -0.2) is 0 Å². The third kappa shape index (κ3) is 4.01. The number of ether oxygens (including phenoxy) is 1. The summed E-state index contributed by atoms with van der Waals surface area (Å²) in [7, 11) is 1.58. The van der Waals surface area contributed by atoms with Crippen molar-refractivity contribution < 1.29 is 14.3 Å². The molecule has 4 rings (SSSR count). The quantitative estimate of drug-likeness (QED) is 0.399. The van der Waals surface area contributed by atoms with Crippen LogP contribution in [0.2, 0.25) is 5.02 Å². The molecule has 0 spiro atoms. The molecule has 0 radical (unpaired) electrons. The molecule has 7 heteroatoms. The molecule has 5 nitrogen and oxygen atoms in total. The van der Waals surface area contributed by atoms with Gasteiger partial charge in [-0.3, -0.25) is 9.59 Å². The Morgan fingerprint density at radius 1 is 0.900 bits per heavy atom. The van der Waals surface area contributed by atoms with Gasteiger partial charge >= 0.3 is 0 Å². The topological polar surface area (TPSA) is 67.4 Å². The number of carbonyl (C=O) groups excluding carboxylic acids is 2. The van der Waals surface area contributed by atoms with E-state index >= 15 is 0 Å². The number of methoxy groups -OCH3 is 1. The van der Waals surface area contributed by atoms with Crippen molar-refractivity contribution in [2.24, 2.45) is 0 Å². The van der Waals surface area contributed by atoms with E-state index in [9.17, 15) is 9.59 Å². The SMILES string of the molecule is COc1ccc2c(Cl)c(C(=O)Nc3ccccc3C(=O)Nc3ccccc3)sc2c1. The van der Waals surface area contributed by atoms with Crippen LogP contribution in [0.5, 0.6) is 5.75 Å².